The van der Waals surface area contributed by atoms with Gasteiger partial charge in [-0.3, -0.25) is 4.79 Å². The zero-order chi connectivity index (χ0) is 14.5. The lowest BCUT2D eigenvalue weighted by atomic mass is 9.98. The van der Waals surface area contributed by atoms with E-state index in [-0.39, 0.29) is 17.8 Å². The molecule has 0 heterocycles. The third kappa shape index (κ3) is 3.71. The van der Waals surface area contributed by atoms with Crippen LogP contribution in [0.4, 0.5) is 8.78 Å². The van der Waals surface area contributed by atoms with Crippen LogP contribution in [-0.2, 0) is 17.6 Å². The van der Waals surface area contributed by atoms with E-state index < -0.39 is 17.7 Å². The van der Waals surface area contributed by atoms with Crippen molar-refractivity contribution in [2.45, 2.75) is 18.9 Å². The van der Waals surface area contributed by atoms with Gasteiger partial charge in [0, 0.05) is 6.42 Å². The Morgan fingerprint density at radius 3 is 2.50 bits per heavy atom. The normalized spacial score (nSPS) is 12.2. The predicted octanol–water partition coefficient (Wildman–Crippen LogP) is 2.65. The zero-order valence-electron chi connectivity index (χ0n) is 10.9. The van der Waals surface area contributed by atoms with E-state index in [1.807, 2.05) is 30.3 Å². The molecule has 0 aliphatic heterocycles. The summed E-state index contributed by atoms with van der Waals surface area (Å²) < 4.78 is 26.5. The molecule has 2 N–H and O–H groups in total. The highest BCUT2D eigenvalue weighted by Crippen LogP contribution is 2.12. The van der Waals surface area contributed by atoms with Crippen LogP contribution < -0.4 is 5.73 Å². The summed E-state index contributed by atoms with van der Waals surface area (Å²) in [5.41, 5.74) is 6.80. The highest BCUT2D eigenvalue weighted by atomic mass is 19.1. The molecule has 104 valence electrons. The first kappa shape index (κ1) is 14.3. The van der Waals surface area contributed by atoms with Crippen molar-refractivity contribution in [2.75, 3.05) is 0 Å². The lowest BCUT2D eigenvalue weighted by Gasteiger charge is -2.11. The smallest absolute Gasteiger partial charge is 0.154 e. The number of Topliss-reactive ketones (excluding diaryl/α,β-unsaturated/α-hetero) is 1. The molecule has 2 aromatic carbocycles. The summed E-state index contributed by atoms with van der Waals surface area (Å²) in [6.45, 7) is 0. The summed E-state index contributed by atoms with van der Waals surface area (Å²) in [5, 5.41) is 0. The number of ketones is 1. The first-order valence-electron chi connectivity index (χ1n) is 6.32. The van der Waals surface area contributed by atoms with Crippen LogP contribution in [0.5, 0.6) is 0 Å². The van der Waals surface area contributed by atoms with E-state index in [1.54, 1.807) is 0 Å². The second kappa shape index (κ2) is 6.39. The van der Waals surface area contributed by atoms with Gasteiger partial charge in [-0.1, -0.05) is 30.3 Å². The molecule has 0 bridgehead atoms. The van der Waals surface area contributed by atoms with Gasteiger partial charge >= 0.3 is 0 Å². The van der Waals surface area contributed by atoms with Gasteiger partial charge < -0.3 is 5.73 Å². The second-order valence-electron chi connectivity index (χ2n) is 4.68. The number of carbonyl (C=O) groups excluding carboxylic acids is 1. The Hall–Kier alpha value is -2.07. The van der Waals surface area contributed by atoms with Gasteiger partial charge in [0.25, 0.3) is 0 Å². The summed E-state index contributed by atoms with van der Waals surface area (Å²) in [4.78, 5) is 12.0. The third-order valence-corrected chi connectivity index (χ3v) is 3.08. The van der Waals surface area contributed by atoms with E-state index in [0.717, 1.165) is 23.8 Å². The summed E-state index contributed by atoms with van der Waals surface area (Å²) in [6.07, 6.45) is 0.189. The maximum Gasteiger partial charge on any atom is 0.154 e. The van der Waals surface area contributed by atoms with Crippen LogP contribution >= 0.6 is 0 Å². The molecule has 2 nitrogen and oxygen atoms in total. The fourth-order valence-corrected chi connectivity index (χ4v) is 1.98. The standard InChI is InChI=1S/C16H15F2NO/c17-13-6-7-14(18)12(9-13)10-16(20)15(19)8-11-4-2-1-3-5-11/h1-7,9,15H,8,10,19H2. The topological polar surface area (TPSA) is 43.1 Å². The minimum atomic E-state index is -0.722. The van der Waals surface area contributed by atoms with Crippen LogP contribution in [0.2, 0.25) is 0 Å². The third-order valence-electron chi connectivity index (χ3n) is 3.08. The maximum absolute atomic E-state index is 13.5. The maximum atomic E-state index is 13.5. The van der Waals surface area contributed by atoms with Gasteiger partial charge in [0.1, 0.15) is 11.6 Å². The van der Waals surface area contributed by atoms with Gasteiger partial charge in [-0.25, -0.2) is 8.78 Å². The van der Waals surface area contributed by atoms with Gasteiger partial charge in [0.2, 0.25) is 0 Å². The molecule has 0 radical (unpaired) electrons. The average Bonchev–Trinajstić information content (AvgIpc) is 2.44. The Morgan fingerprint density at radius 1 is 1.10 bits per heavy atom. The van der Waals surface area contributed by atoms with Crippen molar-refractivity contribution in [3.05, 3.63) is 71.3 Å². The molecule has 0 amide bonds. The van der Waals surface area contributed by atoms with Crippen LogP contribution in [0, 0.1) is 11.6 Å². The Bertz CT molecular complexity index is 599. The Balaban J connectivity index is 2.02. The summed E-state index contributed by atoms with van der Waals surface area (Å²) >= 11 is 0. The lowest BCUT2D eigenvalue weighted by molar-refractivity contribution is -0.119. The number of hydrogen-bond donors (Lipinski definition) is 1. The number of benzene rings is 2. The number of carbonyl (C=O) groups is 1. The largest absolute Gasteiger partial charge is 0.321 e. The summed E-state index contributed by atoms with van der Waals surface area (Å²) in [5.74, 6) is -1.46. The van der Waals surface area contributed by atoms with E-state index in [4.69, 9.17) is 5.73 Å². The number of rotatable bonds is 5. The van der Waals surface area contributed by atoms with Crippen molar-refractivity contribution in [2.24, 2.45) is 5.73 Å². The predicted molar refractivity (Wildman–Crippen MR) is 73.2 cm³/mol. The van der Waals surface area contributed by atoms with Gasteiger partial charge in [0.05, 0.1) is 6.04 Å². The van der Waals surface area contributed by atoms with E-state index >= 15 is 0 Å². The van der Waals surface area contributed by atoms with Crippen molar-refractivity contribution in [3.63, 3.8) is 0 Å². The highest BCUT2D eigenvalue weighted by molar-refractivity contribution is 5.86. The van der Waals surface area contributed by atoms with Crippen LogP contribution in [-0.4, -0.2) is 11.8 Å². The minimum absolute atomic E-state index is 0.0403. The van der Waals surface area contributed by atoms with Crippen LogP contribution in [0.3, 0.4) is 0 Å². The van der Waals surface area contributed by atoms with E-state index in [9.17, 15) is 13.6 Å². The molecule has 0 aliphatic rings. The quantitative estimate of drug-likeness (QED) is 0.911. The fraction of sp³-hybridized carbons (Fsp3) is 0.188. The molecule has 0 fully saturated rings. The SMILES string of the molecule is NC(Cc1ccccc1)C(=O)Cc1cc(F)ccc1F. The molecule has 0 aliphatic carbocycles. The first-order chi connectivity index (χ1) is 9.56. The fourth-order valence-electron chi connectivity index (χ4n) is 1.98. The van der Waals surface area contributed by atoms with E-state index in [1.165, 1.54) is 0 Å². The van der Waals surface area contributed by atoms with Gasteiger partial charge in [-0.15, -0.1) is 0 Å². The molecule has 2 rings (SSSR count). The monoisotopic (exact) mass is 275 g/mol. The van der Waals surface area contributed by atoms with Crippen molar-refractivity contribution in [1.29, 1.82) is 0 Å². The zero-order valence-corrected chi connectivity index (χ0v) is 10.9. The van der Waals surface area contributed by atoms with Crippen molar-refractivity contribution < 1.29 is 13.6 Å². The first-order valence-corrected chi connectivity index (χ1v) is 6.32. The van der Waals surface area contributed by atoms with Gasteiger partial charge in [-0.2, -0.15) is 0 Å². The molecule has 20 heavy (non-hydrogen) atoms. The van der Waals surface area contributed by atoms with Crippen LogP contribution in [0.15, 0.2) is 48.5 Å². The Labute approximate surface area is 116 Å². The Morgan fingerprint density at radius 2 is 1.80 bits per heavy atom. The van der Waals surface area contributed by atoms with Crippen molar-refractivity contribution in [3.8, 4) is 0 Å². The van der Waals surface area contributed by atoms with Crippen molar-refractivity contribution >= 4 is 5.78 Å². The molecule has 0 aromatic heterocycles. The molecule has 2 aromatic rings. The van der Waals surface area contributed by atoms with Crippen LogP contribution in [0.1, 0.15) is 11.1 Å². The lowest BCUT2D eigenvalue weighted by Crippen LogP contribution is -2.34. The number of halogens is 2. The van der Waals surface area contributed by atoms with Crippen LogP contribution in [0.25, 0.3) is 0 Å². The van der Waals surface area contributed by atoms with Gasteiger partial charge in [0.15, 0.2) is 5.78 Å². The number of hydrogen-bond acceptors (Lipinski definition) is 2. The highest BCUT2D eigenvalue weighted by Gasteiger charge is 2.16. The number of nitrogens with two attached hydrogens (primary N) is 1. The van der Waals surface area contributed by atoms with E-state index in [0.29, 0.717) is 6.42 Å². The molecule has 0 saturated carbocycles. The van der Waals surface area contributed by atoms with E-state index in [2.05, 4.69) is 0 Å². The molecular formula is C16H15F2NO. The average molecular weight is 275 g/mol. The minimum Gasteiger partial charge on any atom is -0.321 e. The molecule has 0 spiro atoms. The molecule has 1 unspecified atom stereocenters. The van der Waals surface area contributed by atoms with Gasteiger partial charge in [-0.05, 0) is 35.7 Å². The van der Waals surface area contributed by atoms with Crippen molar-refractivity contribution in [1.82, 2.24) is 0 Å². The molecular weight excluding hydrogens is 260 g/mol. The molecule has 4 heteroatoms. The summed E-state index contributed by atoms with van der Waals surface area (Å²) in [7, 11) is 0. The molecule has 1 atom stereocenters. The second-order valence-corrected chi connectivity index (χ2v) is 4.68. The summed E-state index contributed by atoms with van der Waals surface area (Å²) in [6, 6.07) is 11.7. The molecule has 0 saturated heterocycles. The Kier molecular flexibility index (Phi) is 4.58.